The zero-order chi connectivity index (χ0) is 13.0. The van der Waals surface area contributed by atoms with Gasteiger partial charge in [0.1, 0.15) is 11.3 Å². The van der Waals surface area contributed by atoms with E-state index in [4.69, 9.17) is 9.52 Å². The van der Waals surface area contributed by atoms with Crippen LogP contribution in [0.2, 0.25) is 0 Å². The molecule has 0 aliphatic carbocycles. The SMILES string of the molecule is CCc1oc2ccccc2c1CNCC(C)CO. The molecule has 2 aromatic rings. The molecule has 2 N–H and O–H groups in total. The van der Waals surface area contributed by atoms with E-state index in [0.29, 0.717) is 0 Å². The zero-order valence-electron chi connectivity index (χ0n) is 11.1. The minimum Gasteiger partial charge on any atom is -0.461 e. The first-order chi connectivity index (χ1) is 8.76. The Bertz CT molecular complexity index is 504. The lowest BCUT2D eigenvalue weighted by molar-refractivity contribution is 0.233. The summed E-state index contributed by atoms with van der Waals surface area (Å²) >= 11 is 0. The van der Waals surface area contributed by atoms with Crippen LogP contribution in [0.15, 0.2) is 28.7 Å². The fraction of sp³-hybridized carbons (Fsp3) is 0.467. The average Bonchev–Trinajstić information content (AvgIpc) is 2.77. The van der Waals surface area contributed by atoms with Gasteiger partial charge in [-0.1, -0.05) is 32.0 Å². The molecule has 0 saturated heterocycles. The van der Waals surface area contributed by atoms with Crippen LogP contribution in [0.4, 0.5) is 0 Å². The molecule has 0 amide bonds. The highest BCUT2D eigenvalue weighted by atomic mass is 16.3. The van der Waals surface area contributed by atoms with E-state index in [1.165, 1.54) is 10.9 Å². The van der Waals surface area contributed by atoms with Gasteiger partial charge in [0, 0.05) is 37.1 Å². The second-order valence-electron chi connectivity index (χ2n) is 4.77. The van der Waals surface area contributed by atoms with Gasteiger partial charge in [-0.15, -0.1) is 0 Å². The molecule has 3 heteroatoms. The molecule has 98 valence electrons. The van der Waals surface area contributed by atoms with Gasteiger partial charge < -0.3 is 14.8 Å². The van der Waals surface area contributed by atoms with Gasteiger partial charge in [0.15, 0.2) is 0 Å². The van der Waals surface area contributed by atoms with Crippen molar-refractivity contribution in [1.29, 1.82) is 0 Å². The quantitative estimate of drug-likeness (QED) is 0.825. The lowest BCUT2D eigenvalue weighted by atomic mass is 10.1. The van der Waals surface area contributed by atoms with Crippen molar-refractivity contribution in [3.63, 3.8) is 0 Å². The van der Waals surface area contributed by atoms with Crippen LogP contribution in [0.25, 0.3) is 11.0 Å². The summed E-state index contributed by atoms with van der Waals surface area (Å²) in [6, 6.07) is 8.15. The van der Waals surface area contributed by atoms with Crippen molar-refractivity contribution in [2.24, 2.45) is 5.92 Å². The molecule has 18 heavy (non-hydrogen) atoms. The second-order valence-corrected chi connectivity index (χ2v) is 4.77. The number of aliphatic hydroxyl groups is 1. The molecule has 1 aromatic heterocycles. The van der Waals surface area contributed by atoms with Crippen LogP contribution in [-0.2, 0) is 13.0 Å². The topological polar surface area (TPSA) is 45.4 Å². The minimum absolute atomic E-state index is 0.222. The Morgan fingerprint density at radius 3 is 2.83 bits per heavy atom. The summed E-state index contributed by atoms with van der Waals surface area (Å²) < 4.78 is 5.84. The number of rotatable bonds is 6. The van der Waals surface area contributed by atoms with E-state index in [0.717, 1.165) is 30.9 Å². The molecule has 3 nitrogen and oxygen atoms in total. The molecular weight excluding hydrogens is 226 g/mol. The number of aryl methyl sites for hydroxylation is 1. The summed E-state index contributed by atoms with van der Waals surface area (Å²) in [5, 5.41) is 13.6. The standard InChI is InChI=1S/C15H21NO2/c1-3-14-13(9-16-8-11(2)10-17)12-6-4-5-7-15(12)18-14/h4-7,11,16-17H,3,8-10H2,1-2H3. The van der Waals surface area contributed by atoms with Crippen molar-refractivity contribution in [2.75, 3.05) is 13.2 Å². The molecule has 0 saturated carbocycles. The second kappa shape index (κ2) is 6.03. The maximum absolute atomic E-state index is 9.01. The first-order valence-electron chi connectivity index (χ1n) is 6.57. The Kier molecular flexibility index (Phi) is 4.39. The van der Waals surface area contributed by atoms with Gasteiger partial charge in [0.05, 0.1) is 0 Å². The molecule has 0 aliphatic heterocycles. The van der Waals surface area contributed by atoms with E-state index in [9.17, 15) is 0 Å². The summed E-state index contributed by atoms with van der Waals surface area (Å²) in [5.74, 6) is 1.34. The van der Waals surface area contributed by atoms with E-state index in [2.05, 4.69) is 18.3 Å². The third kappa shape index (κ3) is 2.74. The van der Waals surface area contributed by atoms with Crippen LogP contribution in [-0.4, -0.2) is 18.3 Å². The van der Waals surface area contributed by atoms with Gasteiger partial charge in [0.25, 0.3) is 0 Å². The highest BCUT2D eigenvalue weighted by Gasteiger charge is 2.12. The molecule has 1 heterocycles. The van der Waals surface area contributed by atoms with Gasteiger partial charge in [-0.25, -0.2) is 0 Å². The van der Waals surface area contributed by atoms with Crippen LogP contribution in [0, 0.1) is 5.92 Å². The van der Waals surface area contributed by atoms with Gasteiger partial charge in [-0.3, -0.25) is 0 Å². The smallest absolute Gasteiger partial charge is 0.134 e. The lowest BCUT2D eigenvalue weighted by Gasteiger charge is -2.09. The van der Waals surface area contributed by atoms with Crippen molar-refractivity contribution < 1.29 is 9.52 Å². The highest BCUT2D eigenvalue weighted by molar-refractivity contribution is 5.82. The fourth-order valence-corrected chi connectivity index (χ4v) is 2.14. The lowest BCUT2D eigenvalue weighted by Crippen LogP contribution is -2.23. The summed E-state index contributed by atoms with van der Waals surface area (Å²) in [5.41, 5.74) is 2.21. The molecular formula is C15H21NO2. The maximum Gasteiger partial charge on any atom is 0.134 e. The van der Waals surface area contributed by atoms with Crippen molar-refractivity contribution in [1.82, 2.24) is 5.32 Å². The Labute approximate surface area is 108 Å². The highest BCUT2D eigenvalue weighted by Crippen LogP contribution is 2.26. The number of nitrogens with one attached hydrogen (secondary N) is 1. The molecule has 2 rings (SSSR count). The first kappa shape index (κ1) is 13.1. The van der Waals surface area contributed by atoms with Gasteiger partial charge in [-0.05, 0) is 12.0 Å². The van der Waals surface area contributed by atoms with E-state index in [1.54, 1.807) is 0 Å². The number of hydrogen-bond acceptors (Lipinski definition) is 3. The normalized spacial score (nSPS) is 13.1. The van der Waals surface area contributed by atoms with Crippen molar-refractivity contribution >= 4 is 11.0 Å². The molecule has 1 aromatic carbocycles. The third-order valence-electron chi connectivity index (χ3n) is 3.21. The Balaban J connectivity index is 2.15. The summed E-state index contributed by atoms with van der Waals surface area (Å²) in [4.78, 5) is 0. The van der Waals surface area contributed by atoms with Gasteiger partial charge in [0.2, 0.25) is 0 Å². The van der Waals surface area contributed by atoms with E-state index >= 15 is 0 Å². The molecule has 0 aliphatic rings. The van der Waals surface area contributed by atoms with E-state index in [-0.39, 0.29) is 12.5 Å². The Morgan fingerprint density at radius 1 is 1.33 bits per heavy atom. The summed E-state index contributed by atoms with van der Waals surface area (Å²) in [7, 11) is 0. The summed E-state index contributed by atoms with van der Waals surface area (Å²) in [6.07, 6.45) is 0.904. The Morgan fingerprint density at radius 2 is 2.11 bits per heavy atom. The van der Waals surface area contributed by atoms with Crippen LogP contribution in [0.5, 0.6) is 0 Å². The van der Waals surface area contributed by atoms with E-state index < -0.39 is 0 Å². The molecule has 0 bridgehead atoms. The van der Waals surface area contributed by atoms with Gasteiger partial charge >= 0.3 is 0 Å². The number of aliphatic hydroxyl groups excluding tert-OH is 1. The van der Waals surface area contributed by atoms with Crippen LogP contribution in [0.3, 0.4) is 0 Å². The molecule has 1 atom stereocenters. The number of para-hydroxylation sites is 1. The zero-order valence-corrected chi connectivity index (χ0v) is 11.1. The first-order valence-corrected chi connectivity index (χ1v) is 6.57. The van der Waals surface area contributed by atoms with Crippen molar-refractivity contribution in [3.8, 4) is 0 Å². The Hall–Kier alpha value is -1.32. The maximum atomic E-state index is 9.01. The minimum atomic E-state index is 0.222. The average molecular weight is 247 g/mol. The molecule has 0 spiro atoms. The van der Waals surface area contributed by atoms with Crippen molar-refractivity contribution in [3.05, 3.63) is 35.6 Å². The fourth-order valence-electron chi connectivity index (χ4n) is 2.14. The third-order valence-corrected chi connectivity index (χ3v) is 3.21. The predicted molar refractivity (Wildman–Crippen MR) is 73.5 cm³/mol. The predicted octanol–water partition coefficient (Wildman–Crippen LogP) is 2.71. The van der Waals surface area contributed by atoms with Crippen LogP contribution >= 0.6 is 0 Å². The molecule has 0 fully saturated rings. The monoisotopic (exact) mass is 247 g/mol. The van der Waals surface area contributed by atoms with Crippen LogP contribution < -0.4 is 5.32 Å². The number of furan rings is 1. The number of benzene rings is 1. The molecule has 1 unspecified atom stereocenters. The number of hydrogen-bond donors (Lipinski definition) is 2. The summed E-state index contributed by atoms with van der Waals surface area (Å²) in [6.45, 7) is 5.97. The van der Waals surface area contributed by atoms with Crippen molar-refractivity contribution in [2.45, 2.75) is 26.8 Å². The van der Waals surface area contributed by atoms with E-state index in [1.807, 2.05) is 25.1 Å². The molecule has 0 radical (unpaired) electrons. The van der Waals surface area contributed by atoms with Crippen LogP contribution in [0.1, 0.15) is 25.2 Å². The largest absolute Gasteiger partial charge is 0.461 e. The van der Waals surface area contributed by atoms with Gasteiger partial charge in [-0.2, -0.15) is 0 Å². The number of fused-ring (bicyclic) bond motifs is 1.